The van der Waals surface area contributed by atoms with Gasteiger partial charge in [-0.3, -0.25) is 19.7 Å². The number of aliphatic hydroxyl groups is 1. The van der Waals surface area contributed by atoms with Crippen molar-refractivity contribution < 1.29 is 37.5 Å². The summed E-state index contributed by atoms with van der Waals surface area (Å²) < 4.78 is 44.3. The fourth-order valence-corrected chi connectivity index (χ4v) is 4.77. The molecule has 0 aliphatic heterocycles. The van der Waals surface area contributed by atoms with E-state index in [1.54, 1.807) is 6.07 Å². The van der Waals surface area contributed by atoms with Crippen LogP contribution in [0.4, 0.5) is 13.2 Å². The number of ether oxygens (including phenoxy) is 1. The maximum Gasteiger partial charge on any atom is 0.416 e. The third-order valence-electron chi connectivity index (χ3n) is 6.25. The molecule has 0 saturated heterocycles. The number of benzene rings is 2. The van der Waals surface area contributed by atoms with E-state index in [1.807, 2.05) is 0 Å². The summed E-state index contributed by atoms with van der Waals surface area (Å²) in [5, 5.41) is 23.9. The largest absolute Gasteiger partial charge is 0.465 e. The van der Waals surface area contributed by atoms with Gasteiger partial charge >= 0.3 is 12.1 Å². The van der Waals surface area contributed by atoms with Crippen LogP contribution in [0.15, 0.2) is 54.6 Å². The smallest absolute Gasteiger partial charge is 0.416 e. The van der Waals surface area contributed by atoms with E-state index >= 15 is 0 Å². The second-order valence-corrected chi connectivity index (χ2v) is 8.04. The van der Waals surface area contributed by atoms with Gasteiger partial charge < -0.3 is 9.84 Å². The van der Waals surface area contributed by atoms with Gasteiger partial charge in [-0.2, -0.15) is 13.2 Å². The van der Waals surface area contributed by atoms with Crippen LogP contribution in [0, 0.1) is 15.5 Å². The predicted octanol–water partition coefficient (Wildman–Crippen LogP) is 3.86. The molecule has 0 heterocycles. The summed E-state index contributed by atoms with van der Waals surface area (Å²) in [5.74, 6) is -3.43. The SMILES string of the molecule is CCOC(=O)[C@]1(C(C)=O)C[C@](O)(c2ccccc2)[C@@H]([N+](=O)[O-])[C@@H]1c1ccc(C(F)(F)F)cc1. The highest BCUT2D eigenvalue weighted by Gasteiger charge is 2.73. The van der Waals surface area contributed by atoms with Gasteiger partial charge in [-0.05, 0) is 37.1 Å². The first-order valence-corrected chi connectivity index (χ1v) is 10.2. The van der Waals surface area contributed by atoms with Crippen molar-refractivity contribution in [3.63, 3.8) is 0 Å². The molecule has 176 valence electrons. The molecule has 1 fully saturated rings. The van der Waals surface area contributed by atoms with E-state index in [0.717, 1.165) is 31.2 Å². The Bertz CT molecular complexity index is 1060. The number of Topliss-reactive ketones (excluding diaryl/α,β-unsaturated/α-hetero) is 1. The van der Waals surface area contributed by atoms with Crippen molar-refractivity contribution in [1.82, 2.24) is 0 Å². The van der Waals surface area contributed by atoms with Crippen LogP contribution < -0.4 is 0 Å². The molecule has 33 heavy (non-hydrogen) atoms. The second-order valence-electron chi connectivity index (χ2n) is 8.04. The highest BCUT2D eigenvalue weighted by Crippen LogP contribution is 2.59. The van der Waals surface area contributed by atoms with E-state index in [-0.39, 0.29) is 17.7 Å². The van der Waals surface area contributed by atoms with Gasteiger partial charge in [0.1, 0.15) is 11.2 Å². The van der Waals surface area contributed by atoms with E-state index in [1.165, 1.54) is 31.2 Å². The van der Waals surface area contributed by atoms with Crippen molar-refractivity contribution in [3.8, 4) is 0 Å². The van der Waals surface area contributed by atoms with Crippen LogP contribution in [0.1, 0.15) is 42.9 Å². The van der Waals surface area contributed by atoms with E-state index in [0.29, 0.717) is 0 Å². The quantitative estimate of drug-likeness (QED) is 0.301. The van der Waals surface area contributed by atoms with Crippen molar-refractivity contribution in [3.05, 3.63) is 81.4 Å². The fourth-order valence-electron chi connectivity index (χ4n) is 4.77. The number of nitro groups is 1. The summed E-state index contributed by atoms with van der Waals surface area (Å²) in [6, 6.07) is 9.10. The molecule has 2 aromatic carbocycles. The molecule has 3 rings (SSSR count). The van der Waals surface area contributed by atoms with Gasteiger partial charge in [0.25, 0.3) is 6.04 Å². The van der Waals surface area contributed by atoms with E-state index in [2.05, 4.69) is 0 Å². The zero-order valence-electron chi connectivity index (χ0n) is 17.8. The first-order valence-electron chi connectivity index (χ1n) is 10.2. The number of carbonyl (C=O) groups is 2. The molecule has 1 saturated carbocycles. The van der Waals surface area contributed by atoms with E-state index in [4.69, 9.17) is 4.74 Å². The summed E-state index contributed by atoms with van der Waals surface area (Å²) in [6.07, 6.45) is -5.31. The highest BCUT2D eigenvalue weighted by molar-refractivity contribution is 6.04. The first-order chi connectivity index (χ1) is 15.4. The number of halogens is 3. The van der Waals surface area contributed by atoms with Crippen LogP contribution in [0.5, 0.6) is 0 Å². The zero-order chi connectivity index (χ0) is 24.6. The molecule has 0 unspecified atom stereocenters. The van der Waals surface area contributed by atoms with Crippen molar-refractivity contribution in [2.24, 2.45) is 5.41 Å². The third-order valence-corrected chi connectivity index (χ3v) is 6.25. The summed E-state index contributed by atoms with van der Waals surface area (Å²) >= 11 is 0. The number of hydrogen-bond donors (Lipinski definition) is 1. The minimum atomic E-state index is -4.65. The lowest BCUT2D eigenvalue weighted by atomic mass is 9.70. The number of rotatable bonds is 6. The molecule has 0 spiro atoms. The van der Waals surface area contributed by atoms with E-state index < -0.39 is 57.8 Å². The highest BCUT2D eigenvalue weighted by atomic mass is 19.4. The Morgan fingerprint density at radius 1 is 1.15 bits per heavy atom. The molecule has 1 aliphatic rings. The van der Waals surface area contributed by atoms with Crippen LogP contribution in [-0.2, 0) is 26.1 Å². The Morgan fingerprint density at radius 3 is 2.18 bits per heavy atom. The Balaban J connectivity index is 2.31. The monoisotopic (exact) mass is 465 g/mol. The van der Waals surface area contributed by atoms with Crippen LogP contribution in [0.2, 0.25) is 0 Å². The van der Waals surface area contributed by atoms with Gasteiger partial charge in [0.05, 0.1) is 18.1 Å². The molecule has 0 aromatic heterocycles. The molecule has 2 aromatic rings. The molecule has 10 heteroatoms. The fraction of sp³-hybridized carbons (Fsp3) is 0.391. The van der Waals surface area contributed by atoms with Gasteiger partial charge in [0.2, 0.25) is 0 Å². The summed E-state index contributed by atoms with van der Waals surface area (Å²) in [7, 11) is 0. The van der Waals surface area contributed by atoms with Crippen LogP contribution in [0.25, 0.3) is 0 Å². The Hall–Kier alpha value is -3.27. The topological polar surface area (TPSA) is 107 Å². The minimum Gasteiger partial charge on any atom is -0.465 e. The number of esters is 1. The van der Waals surface area contributed by atoms with Crippen LogP contribution in [-0.4, -0.2) is 34.4 Å². The maximum absolute atomic E-state index is 13.1. The van der Waals surface area contributed by atoms with Crippen molar-refractivity contribution in [2.45, 2.75) is 44.0 Å². The predicted molar refractivity (Wildman–Crippen MR) is 110 cm³/mol. The zero-order valence-corrected chi connectivity index (χ0v) is 17.8. The van der Waals surface area contributed by atoms with Gasteiger partial charge in [-0.15, -0.1) is 0 Å². The lowest BCUT2D eigenvalue weighted by Crippen LogP contribution is -2.45. The lowest BCUT2D eigenvalue weighted by molar-refractivity contribution is -0.547. The van der Waals surface area contributed by atoms with Crippen molar-refractivity contribution >= 4 is 11.8 Å². The first kappa shape index (κ1) is 24.4. The van der Waals surface area contributed by atoms with Crippen LogP contribution >= 0.6 is 0 Å². The number of ketones is 1. The van der Waals surface area contributed by atoms with E-state index in [9.17, 15) is 38.0 Å². The molecule has 1 N–H and O–H groups in total. The van der Waals surface area contributed by atoms with Gasteiger partial charge in [-0.1, -0.05) is 42.5 Å². The molecule has 4 atom stereocenters. The average molecular weight is 465 g/mol. The Kier molecular flexibility index (Phi) is 6.34. The summed E-state index contributed by atoms with van der Waals surface area (Å²) in [5.41, 5.74) is -5.39. The van der Waals surface area contributed by atoms with Crippen molar-refractivity contribution in [2.75, 3.05) is 6.61 Å². The van der Waals surface area contributed by atoms with Gasteiger partial charge in [0.15, 0.2) is 5.60 Å². The molecule has 7 nitrogen and oxygen atoms in total. The number of alkyl halides is 3. The summed E-state index contributed by atoms with van der Waals surface area (Å²) in [4.78, 5) is 37.6. The molecule has 0 radical (unpaired) electrons. The van der Waals surface area contributed by atoms with Crippen LogP contribution in [0.3, 0.4) is 0 Å². The van der Waals surface area contributed by atoms with Crippen molar-refractivity contribution in [1.29, 1.82) is 0 Å². The average Bonchev–Trinajstić information content (AvgIpc) is 3.06. The number of carbonyl (C=O) groups excluding carboxylic acids is 2. The standard InChI is InChI=1S/C23H22F3NO6/c1-3-33-20(29)21(14(2)28)13-22(30,16-7-5-4-6-8-16)19(27(31)32)18(21)15-9-11-17(12-10-15)23(24,25)26/h4-12,18-19,30H,3,13H2,1-2H3/t18-,19-,21-,22-/m0/s1. The molecule has 0 bridgehead atoms. The van der Waals surface area contributed by atoms with Gasteiger partial charge in [0, 0.05) is 11.3 Å². The lowest BCUT2D eigenvalue weighted by Gasteiger charge is -2.30. The number of hydrogen-bond acceptors (Lipinski definition) is 6. The molecule has 0 amide bonds. The molecular formula is C23H22F3NO6. The summed E-state index contributed by atoms with van der Waals surface area (Å²) in [6.45, 7) is 2.41. The molecule has 1 aliphatic carbocycles. The maximum atomic E-state index is 13.1. The molecular weight excluding hydrogens is 443 g/mol. The number of nitrogens with zero attached hydrogens (tertiary/aromatic N) is 1. The third kappa shape index (κ3) is 3.99. The Morgan fingerprint density at radius 2 is 1.73 bits per heavy atom. The Labute approximate surface area is 187 Å². The second kappa shape index (κ2) is 8.58. The minimum absolute atomic E-state index is 0.0557. The normalized spacial score (nSPS) is 27.2. The van der Waals surface area contributed by atoms with Gasteiger partial charge in [-0.25, -0.2) is 0 Å².